The Morgan fingerprint density at radius 3 is 2.14 bits per heavy atom. The van der Waals surface area contributed by atoms with Crippen LogP contribution in [0, 0.1) is 0 Å². The second kappa shape index (κ2) is 5.20. The summed E-state index contributed by atoms with van der Waals surface area (Å²) in [5.41, 5.74) is 0. The summed E-state index contributed by atoms with van der Waals surface area (Å²) >= 11 is 0. The zero-order chi connectivity index (χ0) is 16.3. The van der Waals surface area contributed by atoms with Gasteiger partial charge in [-0.2, -0.15) is 0 Å². The van der Waals surface area contributed by atoms with Gasteiger partial charge in [0.1, 0.15) is 24.4 Å². The van der Waals surface area contributed by atoms with Crippen molar-refractivity contribution in [2.45, 2.75) is 70.0 Å². The molecule has 0 aliphatic carbocycles. The van der Waals surface area contributed by atoms with Crippen LogP contribution in [-0.2, 0) is 32.8 Å². The van der Waals surface area contributed by atoms with Crippen LogP contribution in [0.25, 0.3) is 0 Å². The minimum atomic E-state index is -4.60. The highest BCUT2D eigenvalue weighted by Crippen LogP contribution is 2.45. The van der Waals surface area contributed by atoms with Crippen LogP contribution in [-0.4, -0.2) is 58.7 Å². The van der Waals surface area contributed by atoms with Gasteiger partial charge in [-0.15, -0.1) is 0 Å². The van der Waals surface area contributed by atoms with E-state index in [1.807, 2.05) is 0 Å². The summed E-state index contributed by atoms with van der Waals surface area (Å²) in [7, 11) is -4.60. The molecule has 0 unspecified atom stereocenters. The van der Waals surface area contributed by atoms with Crippen LogP contribution in [0.5, 0.6) is 0 Å². The number of hydrogen-bond donors (Lipinski definition) is 2. The number of hydrogen-bond acceptors (Lipinski definition) is 7. The Labute approximate surface area is 128 Å². The lowest BCUT2D eigenvalue weighted by atomic mass is 9.99. The van der Waals surface area contributed by atoms with E-state index in [4.69, 9.17) is 33.5 Å². The molecule has 3 heterocycles. The van der Waals surface area contributed by atoms with Crippen LogP contribution in [0.1, 0.15) is 27.7 Å². The van der Waals surface area contributed by atoms with Gasteiger partial charge in [-0.3, -0.25) is 4.52 Å². The van der Waals surface area contributed by atoms with Crippen molar-refractivity contribution in [2.24, 2.45) is 0 Å². The first-order valence-corrected chi connectivity index (χ1v) is 8.56. The average molecular weight is 340 g/mol. The van der Waals surface area contributed by atoms with Crippen LogP contribution in [0.4, 0.5) is 0 Å². The van der Waals surface area contributed by atoms with E-state index in [1.165, 1.54) is 0 Å². The van der Waals surface area contributed by atoms with Gasteiger partial charge in [0.25, 0.3) is 0 Å². The van der Waals surface area contributed by atoms with Gasteiger partial charge in [0.05, 0.1) is 6.61 Å². The predicted molar refractivity (Wildman–Crippen MR) is 70.5 cm³/mol. The number of ether oxygens (including phenoxy) is 5. The molecule has 10 heteroatoms. The normalized spacial score (nSPS) is 42.9. The minimum Gasteiger partial charge on any atom is -0.342 e. The molecule has 3 aliphatic rings. The molecule has 0 saturated carbocycles. The van der Waals surface area contributed by atoms with Gasteiger partial charge in [-0.1, -0.05) is 0 Å². The van der Waals surface area contributed by atoms with Crippen molar-refractivity contribution in [1.29, 1.82) is 0 Å². The number of fused-ring (bicyclic) bond motifs is 3. The summed E-state index contributed by atoms with van der Waals surface area (Å²) in [5, 5.41) is 0. The van der Waals surface area contributed by atoms with Crippen molar-refractivity contribution in [3.05, 3.63) is 0 Å². The Morgan fingerprint density at radius 1 is 0.955 bits per heavy atom. The summed E-state index contributed by atoms with van der Waals surface area (Å²) in [6, 6.07) is 0. The van der Waals surface area contributed by atoms with Crippen molar-refractivity contribution in [1.82, 2.24) is 0 Å². The van der Waals surface area contributed by atoms with Gasteiger partial charge in [-0.25, -0.2) is 4.57 Å². The zero-order valence-corrected chi connectivity index (χ0v) is 13.7. The molecule has 0 bridgehead atoms. The van der Waals surface area contributed by atoms with E-state index in [9.17, 15) is 4.57 Å². The van der Waals surface area contributed by atoms with Gasteiger partial charge >= 0.3 is 7.82 Å². The van der Waals surface area contributed by atoms with Crippen molar-refractivity contribution < 1.29 is 42.6 Å². The third-order valence-electron chi connectivity index (χ3n) is 3.66. The summed E-state index contributed by atoms with van der Waals surface area (Å²) in [4.78, 5) is 17.7. The SMILES string of the molecule is CC1(C)O[C@H]2[C@@H](O1)[C@@H](COP(=O)(O)O)O[C@@H]1OC(C)(C)O[C@@H]12. The molecule has 3 aliphatic heterocycles. The molecule has 0 aromatic carbocycles. The number of phosphoric acid groups is 1. The molecule has 0 aromatic heterocycles. The largest absolute Gasteiger partial charge is 0.469 e. The van der Waals surface area contributed by atoms with Crippen LogP contribution < -0.4 is 0 Å². The Balaban J connectivity index is 1.79. The first kappa shape index (κ1) is 16.8. The first-order valence-electron chi connectivity index (χ1n) is 7.03. The standard InChI is InChI=1S/C12H21O9P/c1-11(2)18-7-6(5-16-22(13,14)15)17-10-9(8(7)19-11)20-12(3,4)21-10/h6-10H,5H2,1-4H3,(H2,13,14,15)/t6-,7+,8+,9-,10-/m1/s1. The molecule has 22 heavy (non-hydrogen) atoms. The second-order valence-corrected chi connectivity index (χ2v) is 7.73. The van der Waals surface area contributed by atoms with Crippen molar-refractivity contribution in [3.63, 3.8) is 0 Å². The molecule has 3 saturated heterocycles. The summed E-state index contributed by atoms with van der Waals surface area (Å²) < 4.78 is 44.3. The van der Waals surface area contributed by atoms with E-state index in [-0.39, 0.29) is 6.61 Å². The number of rotatable bonds is 3. The maximum atomic E-state index is 10.9. The minimum absolute atomic E-state index is 0.335. The topological polar surface area (TPSA) is 113 Å². The lowest BCUT2D eigenvalue weighted by Crippen LogP contribution is -2.56. The Morgan fingerprint density at radius 2 is 1.50 bits per heavy atom. The van der Waals surface area contributed by atoms with Gasteiger partial charge in [-0.05, 0) is 27.7 Å². The van der Waals surface area contributed by atoms with Crippen LogP contribution >= 0.6 is 7.82 Å². The fraction of sp³-hybridized carbons (Fsp3) is 1.00. The Hall–Kier alpha value is -0.0900. The average Bonchev–Trinajstić information content (AvgIpc) is 2.79. The third kappa shape index (κ3) is 3.38. The van der Waals surface area contributed by atoms with Crippen LogP contribution in [0.3, 0.4) is 0 Å². The lowest BCUT2D eigenvalue weighted by Gasteiger charge is -2.37. The van der Waals surface area contributed by atoms with E-state index >= 15 is 0 Å². The van der Waals surface area contributed by atoms with E-state index in [1.54, 1.807) is 27.7 Å². The van der Waals surface area contributed by atoms with Crippen LogP contribution in [0.15, 0.2) is 0 Å². The fourth-order valence-electron chi connectivity index (χ4n) is 3.00. The smallest absolute Gasteiger partial charge is 0.342 e. The summed E-state index contributed by atoms with van der Waals surface area (Å²) in [5.74, 6) is -1.70. The molecular weight excluding hydrogens is 319 g/mol. The van der Waals surface area contributed by atoms with Crippen molar-refractivity contribution in [3.8, 4) is 0 Å². The van der Waals surface area contributed by atoms with Gasteiger partial charge < -0.3 is 33.5 Å². The monoisotopic (exact) mass is 340 g/mol. The van der Waals surface area contributed by atoms with E-state index < -0.39 is 50.1 Å². The Kier molecular flexibility index (Phi) is 3.96. The molecule has 0 amide bonds. The Bertz CT molecular complexity index is 487. The molecule has 128 valence electrons. The predicted octanol–water partition coefficient (Wildman–Crippen LogP) is 0.492. The fourth-order valence-corrected chi connectivity index (χ4v) is 3.34. The molecule has 0 spiro atoms. The summed E-state index contributed by atoms with van der Waals surface area (Å²) in [6.45, 7) is 6.68. The molecule has 3 rings (SSSR count). The molecule has 5 atom stereocenters. The molecule has 3 fully saturated rings. The van der Waals surface area contributed by atoms with Gasteiger partial charge in [0, 0.05) is 0 Å². The van der Waals surface area contributed by atoms with E-state index in [2.05, 4.69) is 4.52 Å². The van der Waals surface area contributed by atoms with Gasteiger partial charge in [0.2, 0.25) is 0 Å². The van der Waals surface area contributed by atoms with Crippen LogP contribution in [0.2, 0.25) is 0 Å². The molecule has 0 radical (unpaired) electrons. The highest BCUT2D eigenvalue weighted by atomic mass is 31.2. The maximum absolute atomic E-state index is 10.9. The maximum Gasteiger partial charge on any atom is 0.469 e. The third-order valence-corrected chi connectivity index (χ3v) is 4.14. The van der Waals surface area contributed by atoms with Crippen molar-refractivity contribution in [2.75, 3.05) is 6.61 Å². The zero-order valence-electron chi connectivity index (χ0n) is 12.8. The molecule has 9 nitrogen and oxygen atoms in total. The molecular formula is C12H21O9P. The highest BCUT2D eigenvalue weighted by molar-refractivity contribution is 7.46. The highest BCUT2D eigenvalue weighted by Gasteiger charge is 2.60. The van der Waals surface area contributed by atoms with E-state index in [0.29, 0.717) is 0 Å². The van der Waals surface area contributed by atoms with Crippen molar-refractivity contribution >= 4 is 7.82 Å². The summed E-state index contributed by atoms with van der Waals surface area (Å²) in [6.07, 6.45) is -2.97. The first-order chi connectivity index (χ1) is 9.96. The van der Waals surface area contributed by atoms with E-state index in [0.717, 1.165) is 0 Å². The second-order valence-electron chi connectivity index (χ2n) is 6.49. The quantitative estimate of drug-likeness (QED) is 0.709. The lowest BCUT2D eigenvalue weighted by molar-refractivity contribution is -0.239. The number of phosphoric ester groups is 1. The molecule has 0 aromatic rings. The molecule has 2 N–H and O–H groups in total. The van der Waals surface area contributed by atoms with Gasteiger partial charge in [0.15, 0.2) is 17.9 Å².